The molecule has 1 unspecified atom stereocenters. The van der Waals surface area contributed by atoms with Crippen molar-refractivity contribution < 1.29 is 24.6 Å². The second kappa shape index (κ2) is 6.93. The van der Waals surface area contributed by atoms with Crippen LogP contribution in [0.25, 0.3) is 0 Å². The summed E-state index contributed by atoms with van der Waals surface area (Å²) in [7, 11) is 0. The highest BCUT2D eigenvalue weighted by Gasteiger charge is 2.26. The lowest BCUT2D eigenvalue weighted by Crippen LogP contribution is -2.51. The summed E-state index contributed by atoms with van der Waals surface area (Å²) in [5.41, 5.74) is 4.94. The predicted octanol–water partition coefficient (Wildman–Crippen LogP) is -1.13. The number of amides is 3. The summed E-state index contributed by atoms with van der Waals surface area (Å²) in [5, 5.41) is 20.7. The van der Waals surface area contributed by atoms with E-state index >= 15 is 0 Å². The Balaban J connectivity index is 2.50. The quantitative estimate of drug-likeness (QED) is 0.503. The van der Waals surface area contributed by atoms with E-state index in [9.17, 15) is 19.5 Å². The lowest BCUT2D eigenvalue weighted by Gasteiger charge is -2.31. The molecule has 1 aliphatic rings. The minimum absolute atomic E-state index is 0.0488. The van der Waals surface area contributed by atoms with Gasteiger partial charge in [0.15, 0.2) is 0 Å². The van der Waals surface area contributed by atoms with E-state index in [1.807, 2.05) is 0 Å². The van der Waals surface area contributed by atoms with Gasteiger partial charge in [-0.3, -0.25) is 4.79 Å². The number of β-amino-alcohol motifs (C(OH)–C–C–N with tert-alkyl or cyclic N) is 1. The zero-order valence-corrected chi connectivity index (χ0v) is 10.5. The fourth-order valence-corrected chi connectivity index (χ4v) is 1.92. The van der Waals surface area contributed by atoms with Crippen LogP contribution in [0.2, 0.25) is 0 Å². The Morgan fingerprint density at radius 3 is 2.63 bits per heavy atom. The largest absolute Gasteiger partial charge is 0.480 e. The van der Waals surface area contributed by atoms with E-state index < -0.39 is 30.1 Å². The van der Waals surface area contributed by atoms with Crippen molar-refractivity contribution in [3.63, 3.8) is 0 Å². The van der Waals surface area contributed by atoms with Gasteiger partial charge in [0.1, 0.15) is 6.04 Å². The maximum Gasteiger partial charge on any atom is 0.326 e. The number of carboxylic acids is 1. The molecule has 0 radical (unpaired) electrons. The van der Waals surface area contributed by atoms with E-state index in [-0.39, 0.29) is 19.4 Å². The number of hydrogen-bond donors (Lipinski definition) is 4. The van der Waals surface area contributed by atoms with E-state index in [1.165, 1.54) is 4.90 Å². The van der Waals surface area contributed by atoms with Gasteiger partial charge in [-0.2, -0.15) is 0 Å². The van der Waals surface area contributed by atoms with Gasteiger partial charge in [0.05, 0.1) is 6.10 Å². The standard InChI is InChI=1S/C11H19N3O5/c12-9(16)4-3-8(10(17)18)13-11(19)14-5-1-2-7(15)6-14/h7-8,15H,1-6H2,(H2,12,16)(H,13,19)(H,17,18)/t7?,8-/m1/s1. The van der Waals surface area contributed by atoms with Gasteiger partial charge >= 0.3 is 12.0 Å². The van der Waals surface area contributed by atoms with E-state index in [4.69, 9.17) is 10.8 Å². The van der Waals surface area contributed by atoms with Crippen molar-refractivity contribution in [1.82, 2.24) is 10.2 Å². The van der Waals surface area contributed by atoms with E-state index in [0.717, 1.165) is 0 Å². The van der Waals surface area contributed by atoms with Gasteiger partial charge in [-0.05, 0) is 19.3 Å². The number of carbonyl (C=O) groups is 3. The molecule has 108 valence electrons. The summed E-state index contributed by atoms with van der Waals surface area (Å²) in [5.74, 6) is -1.83. The lowest BCUT2D eigenvalue weighted by atomic mass is 10.1. The summed E-state index contributed by atoms with van der Waals surface area (Å²) >= 11 is 0. The minimum Gasteiger partial charge on any atom is -0.480 e. The van der Waals surface area contributed by atoms with Crippen molar-refractivity contribution in [2.75, 3.05) is 13.1 Å². The van der Waals surface area contributed by atoms with Gasteiger partial charge in [-0.25, -0.2) is 9.59 Å². The number of likely N-dealkylation sites (tertiary alicyclic amines) is 1. The van der Waals surface area contributed by atoms with Crippen LogP contribution in [0.3, 0.4) is 0 Å². The Morgan fingerprint density at radius 1 is 1.42 bits per heavy atom. The first-order valence-electron chi connectivity index (χ1n) is 6.14. The number of nitrogens with zero attached hydrogens (tertiary/aromatic N) is 1. The van der Waals surface area contributed by atoms with E-state index in [1.54, 1.807) is 0 Å². The van der Waals surface area contributed by atoms with Gasteiger partial charge < -0.3 is 26.2 Å². The van der Waals surface area contributed by atoms with Crippen LogP contribution in [0, 0.1) is 0 Å². The van der Waals surface area contributed by atoms with Crippen LogP contribution >= 0.6 is 0 Å². The highest BCUT2D eigenvalue weighted by molar-refractivity contribution is 5.83. The second-order valence-corrected chi connectivity index (χ2v) is 4.59. The molecule has 5 N–H and O–H groups in total. The number of carboxylic acid groups (broad SMARTS) is 1. The van der Waals surface area contributed by atoms with Crippen LogP contribution in [0.4, 0.5) is 4.79 Å². The molecule has 1 heterocycles. The molecule has 0 aromatic heterocycles. The number of hydrogen-bond acceptors (Lipinski definition) is 4. The minimum atomic E-state index is -1.22. The first kappa shape index (κ1) is 15.2. The average Bonchev–Trinajstić information content (AvgIpc) is 2.33. The monoisotopic (exact) mass is 273 g/mol. The van der Waals surface area contributed by atoms with Crippen molar-refractivity contribution in [3.05, 3.63) is 0 Å². The van der Waals surface area contributed by atoms with E-state index in [0.29, 0.717) is 19.4 Å². The molecule has 19 heavy (non-hydrogen) atoms. The third-order valence-corrected chi connectivity index (χ3v) is 2.96. The molecule has 0 saturated carbocycles. The summed E-state index contributed by atoms with van der Waals surface area (Å²) in [4.78, 5) is 34.8. The normalized spacial score (nSPS) is 20.7. The number of piperidine rings is 1. The number of urea groups is 1. The number of nitrogens with two attached hydrogens (primary N) is 1. The number of aliphatic hydroxyl groups is 1. The molecular weight excluding hydrogens is 254 g/mol. The van der Waals surface area contributed by atoms with Gasteiger partial charge in [0.25, 0.3) is 0 Å². The maximum atomic E-state index is 11.8. The predicted molar refractivity (Wildman–Crippen MR) is 65.2 cm³/mol. The van der Waals surface area contributed by atoms with Crippen LogP contribution in [0.15, 0.2) is 0 Å². The molecule has 1 fully saturated rings. The molecule has 0 spiro atoms. The summed E-state index contributed by atoms with van der Waals surface area (Å²) in [6.07, 6.45) is 0.571. The van der Waals surface area contributed by atoms with Crippen molar-refractivity contribution in [2.45, 2.75) is 37.8 Å². The molecule has 0 bridgehead atoms. The molecular formula is C11H19N3O5. The fraction of sp³-hybridized carbons (Fsp3) is 0.727. The molecule has 0 aliphatic carbocycles. The van der Waals surface area contributed by atoms with E-state index in [2.05, 4.69) is 5.32 Å². The zero-order chi connectivity index (χ0) is 14.4. The Labute approximate surface area is 110 Å². The average molecular weight is 273 g/mol. The summed E-state index contributed by atoms with van der Waals surface area (Å²) in [6.45, 7) is 0.666. The number of aliphatic carboxylic acids is 1. The molecule has 1 rings (SSSR count). The topological polar surface area (TPSA) is 133 Å². The van der Waals surface area contributed by atoms with Crippen LogP contribution < -0.4 is 11.1 Å². The highest BCUT2D eigenvalue weighted by atomic mass is 16.4. The fourth-order valence-electron chi connectivity index (χ4n) is 1.92. The summed E-state index contributed by atoms with van der Waals surface area (Å²) in [6, 6.07) is -1.70. The molecule has 1 saturated heterocycles. The summed E-state index contributed by atoms with van der Waals surface area (Å²) < 4.78 is 0. The van der Waals surface area contributed by atoms with Gasteiger partial charge in [-0.15, -0.1) is 0 Å². The Morgan fingerprint density at radius 2 is 2.11 bits per heavy atom. The molecule has 8 nitrogen and oxygen atoms in total. The van der Waals surface area contributed by atoms with Gasteiger partial charge in [0, 0.05) is 19.5 Å². The number of nitrogens with one attached hydrogen (secondary N) is 1. The molecule has 3 amide bonds. The second-order valence-electron chi connectivity index (χ2n) is 4.59. The third-order valence-electron chi connectivity index (χ3n) is 2.96. The third kappa shape index (κ3) is 5.12. The SMILES string of the molecule is NC(=O)CC[C@@H](NC(=O)N1CCCC(O)C1)C(=O)O. The smallest absolute Gasteiger partial charge is 0.326 e. The van der Waals surface area contributed by atoms with Crippen molar-refractivity contribution >= 4 is 17.9 Å². The molecule has 2 atom stereocenters. The van der Waals surface area contributed by atoms with Crippen molar-refractivity contribution in [3.8, 4) is 0 Å². The van der Waals surface area contributed by atoms with Crippen LogP contribution in [0.5, 0.6) is 0 Å². The van der Waals surface area contributed by atoms with Crippen LogP contribution in [-0.4, -0.2) is 58.3 Å². The maximum absolute atomic E-state index is 11.8. The number of rotatable bonds is 5. The van der Waals surface area contributed by atoms with Gasteiger partial charge in [0.2, 0.25) is 5.91 Å². The number of aliphatic hydroxyl groups excluding tert-OH is 1. The Kier molecular flexibility index (Phi) is 5.56. The first-order chi connectivity index (χ1) is 8.90. The Bertz CT molecular complexity index is 360. The number of primary amides is 1. The number of carbonyl (C=O) groups excluding carboxylic acids is 2. The van der Waals surface area contributed by atoms with Crippen LogP contribution in [0.1, 0.15) is 25.7 Å². The molecule has 0 aromatic carbocycles. The van der Waals surface area contributed by atoms with Crippen LogP contribution in [-0.2, 0) is 9.59 Å². The van der Waals surface area contributed by atoms with Crippen molar-refractivity contribution in [1.29, 1.82) is 0 Å². The molecule has 1 aliphatic heterocycles. The Hall–Kier alpha value is -1.83. The van der Waals surface area contributed by atoms with Crippen molar-refractivity contribution in [2.24, 2.45) is 5.73 Å². The first-order valence-corrected chi connectivity index (χ1v) is 6.14. The van der Waals surface area contributed by atoms with Gasteiger partial charge in [-0.1, -0.05) is 0 Å². The molecule has 8 heteroatoms. The highest BCUT2D eigenvalue weighted by Crippen LogP contribution is 2.10. The zero-order valence-electron chi connectivity index (χ0n) is 10.5. The lowest BCUT2D eigenvalue weighted by molar-refractivity contribution is -0.139. The molecule has 0 aromatic rings.